The number of benzene rings is 8. The zero-order valence-corrected chi connectivity index (χ0v) is 30.8. The summed E-state index contributed by atoms with van der Waals surface area (Å²) < 4.78 is 2.37. The van der Waals surface area contributed by atoms with Gasteiger partial charge >= 0.3 is 0 Å². The van der Waals surface area contributed by atoms with Gasteiger partial charge in [-0.2, -0.15) is 0 Å². The molecule has 11 aromatic rings. The van der Waals surface area contributed by atoms with Gasteiger partial charge in [0.25, 0.3) is 0 Å². The molecule has 11 rings (SSSR count). The summed E-state index contributed by atoms with van der Waals surface area (Å²) in [6.07, 6.45) is 0. The molecule has 0 aliphatic heterocycles. The Morgan fingerprint density at radius 3 is 1.51 bits per heavy atom. The second-order valence-corrected chi connectivity index (χ2v) is 14.3. The normalized spacial score (nSPS) is 11.5. The van der Waals surface area contributed by atoms with Crippen LogP contribution < -0.4 is 0 Å². The van der Waals surface area contributed by atoms with Crippen LogP contribution in [-0.4, -0.2) is 24.5 Å². The topological polar surface area (TPSA) is 56.5 Å². The first-order chi connectivity index (χ1) is 28.2. The molecule has 0 radical (unpaired) electrons. The van der Waals surface area contributed by atoms with Crippen LogP contribution in [0, 0.1) is 0 Å². The molecule has 0 unspecified atom stereocenters. The van der Waals surface area contributed by atoms with Crippen molar-refractivity contribution in [3.05, 3.63) is 200 Å². The van der Waals surface area contributed by atoms with Crippen LogP contribution in [0.25, 0.3) is 106 Å². The molecular weight excluding hydrogens is 695 g/mol. The SMILES string of the molecule is c1ccc(-c2nc(-c3ccccc3)nc(-c3cccc(-c4ccc5c(c4)nc(-c4ccccc4)c4cc6c(cc45)c4ccccc4n6-c4ccccc4)c3)n2)cc1. The molecule has 0 saturated carbocycles. The fourth-order valence-corrected chi connectivity index (χ4v) is 8.09. The van der Waals surface area contributed by atoms with Crippen molar-refractivity contribution in [2.75, 3.05) is 0 Å². The quantitative estimate of drug-likeness (QED) is 0.160. The van der Waals surface area contributed by atoms with E-state index in [1.54, 1.807) is 0 Å². The molecule has 57 heavy (non-hydrogen) atoms. The molecule has 0 N–H and O–H groups in total. The van der Waals surface area contributed by atoms with Crippen molar-refractivity contribution in [1.82, 2.24) is 24.5 Å². The van der Waals surface area contributed by atoms with Crippen molar-refractivity contribution < 1.29 is 0 Å². The average Bonchev–Trinajstić information content (AvgIpc) is 3.62. The lowest BCUT2D eigenvalue weighted by molar-refractivity contribution is 1.07. The van der Waals surface area contributed by atoms with Gasteiger partial charge in [0.15, 0.2) is 17.5 Å². The highest BCUT2D eigenvalue weighted by molar-refractivity contribution is 6.20. The first kappa shape index (κ1) is 32.7. The zero-order valence-electron chi connectivity index (χ0n) is 30.8. The first-order valence-corrected chi connectivity index (χ1v) is 19.1. The van der Waals surface area contributed by atoms with Crippen LogP contribution in [0.2, 0.25) is 0 Å². The first-order valence-electron chi connectivity index (χ1n) is 19.1. The Bertz CT molecular complexity index is 3210. The van der Waals surface area contributed by atoms with Gasteiger partial charge < -0.3 is 4.57 Å². The highest BCUT2D eigenvalue weighted by Gasteiger charge is 2.18. The lowest BCUT2D eigenvalue weighted by Gasteiger charge is -2.14. The van der Waals surface area contributed by atoms with Crippen LogP contribution in [0.5, 0.6) is 0 Å². The fourth-order valence-electron chi connectivity index (χ4n) is 8.09. The van der Waals surface area contributed by atoms with Gasteiger partial charge in [0.1, 0.15) is 0 Å². The van der Waals surface area contributed by atoms with Crippen molar-refractivity contribution in [3.8, 4) is 62.2 Å². The summed E-state index contributed by atoms with van der Waals surface area (Å²) in [5.74, 6) is 1.90. The molecule has 0 aliphatic carbocycles. The van der Waals surface area contributed by atoms with Crippen LogP contribution in [0.3, 0.4) is 0 Å². The summed E-state index contributed by atoms with van der Waals surface area (Å²) in [4.78, 5) is 20.3. The van der Waals surface area contributed by atoms with Crippen LogP contribution in [0.4, 0.5) is 0 Å². The van der Waals surface area contributed by atoms with Crippen molar-refractivity contribution >= 4 is 43.5 Å². The van der Waals surface area contributed by atoms with Crippen LogP contribution in [0.15, 0.2) is 200 Å². The van der Waals surface area contributed by atoms with Gasteiger partial charge in [-0.3, -0.25) is 0 Å². The van der Waals surface area contributed by atoms with E-state index in [9.17, 15) is 0 Å². The standard InChI is InChI=1S/C52H33N5/c1-5-16-34(17-6-1)49-45-33-48-44(42-26-13-14-27-47(42)57(48)40-24-11-4-12-25-40)32-43(45)41-29-28-38(31-46(41)53-49)37-22-15-23-39(30-37)52-55-50(35-18-7-2-8-19-35)54-51(56-52)36-20-9-3-10-21-36/h1-33H. The maximum Gasteiger partial charge on any atom is 0.164 e. The number of nitrogens with zero attached hydrogens (tertiary/aromatic N) is 5. The Kier molecular flexibility index (Phi) is 7.74. The predicted octanol–water partition coefficient (Wildman–Crippen LogP) is 13.0. The van der Waals surface area contributed by atoms with Gasteiger partial charge in [-0.15, -0.1) is 0 Å². The minimum absolute atomic E-state index is 0.625. The summed E-state index contributed by atoms with van der Waals surface area (Å²) in [6, 6.07) is 69.8. The van der Waals surface area contributed by atoms with E-state index in [-0.39, 0.29) is 0 Å². The van der Waals surface area contributed by atoms with E-state index in [2.05, 4.69) is 144 Å². The lowest BCUT2D eigenvalue weighted by Crippen LogP contribution is -2.00. The molecular formula is C52H33N5. The summed E-state index contributed by atoms with van der Waals surface area (Å²) in [6.45, 7) is 0. The van der Waals surface area contributed by atoms with E-state index in [0.717, 1.165) is 66.6 Å². The minimum Gasteiger partial charge on any atom is -0.309 e. The van der Waals surface area contributed by atoms with E-state index in [0.29, 0.717) is 17.5 Å². The largest absolute Gasteiger partial charge is 0.309 e. The molecule has 0 amide bonds. The van der Waals surface area contributed by atoms with Crippen molar-refractivity contribution in [3.63, 3.8) is 0 Å². The number of fused-ring (bicyclic) bond motifs is 6. The number of para-hydroxylation sites is 2. The number of aromatic nitrogens is 5. The molecule has 0 bridgehead atoms. The zero-order chi connectivity index (χ0) is 37.7. The van der Waals surface area contributed by atoms with Crippen molar-refractivity contribution in [2.24, 2.45) is 0 Å². The average molecular weight is 728 g/mol. The molecule has 266 valence electrons. The van der Waals surface area contributed by atoms with Gasteiger partial charge in [0.2, 0.25) is 0 Å². The lowest BCUT2D eigenvalue weighted by atomic mass is 9.95. The third-order valence-corrected chi connectivity index (χ3v) is 10.8. The van der Waals surface area contributed by atoms with Crippen molar-refractivity contribution in [1.29, 1.82) is 0 Å². The molecule has 3 aromatic heterocycles. The second-order valence-electron chi connectivity index (χ2n) is 14.3. The molecule has 8 aromatic carbocycles. The molecule has 0 saturated heterocycles. The Morgan fingerprint density at radius 2 is 0.825 bits per heavy atom. The van der Waals surface area contributed by atoms with Gasteiger partial charge in [-0.05, 0) is 59.0 Å². The van der Waals surface area contributed by atoms with Gasteiger partial charge in [0, 0.05) is 49.5 Å². The van der Waals surface area contributed by atoms with Gasteiger partial charge in [-0.25, -0.2) is 19.9 Å². The highest BCUT2D eigenvalue weighted by atomic mass is 15.0. The smallest absolute Gasteiger partial charge is 0.164 e. The Labute approximate surface area is 329 Å². The summed E-state index contributed by atoms with van der Waals surface area (Å²) >= 11 is 0. The Morgan fingerprint density at radius 1 is 0.281 bits per heavy atom. The van der Waals surface area contributed by atoms with Crippen LogP contribution in [0.1, 0.15) is 0 Å². The minimum atomic E-state index is 0.625. The third-order valence-electron chi connectivity index (χ3n) is 10.8. The summed E-state index contributed by atoms with van der Waals surface area (Å²) in [7, 11) is 0. The van der Waals surface area contributed by atoms with E-state index in [1.165, 1.54) is 21.7 Å². The molecule has 5 nitrogen and oxygen atoms in total. The highest BCUT2D eigenvalue weighted by Crippen LogP contribution is 2.41. The number of hydrogen-bond donors (Lipinski definition) is 0. The molecule has 0 atom stereocenters. The number of pyridine rings is 1. The van der Waals surface area contributed by atoms with E-state index < -0.39 is 0 Å². The fraction of sp³-hybridized carbons (Fsp3) is 0. The number of rotatable bonds is 6. The third kappa shape index (κ3) is 5.72. The van der Waals surface area contributed by atoms with Gasteiger partial charge in [-0.1, -0.05) is 158 Å². The van der Waals surface area contributed by atoms with E-state index in [1.807, 2.05) is 60.7 Å². The Balaban J connectivity index is 1.10. The predicted molar refractivity (Wildman–Crippen MR) is 234 cm³/mol. The second kappa shape index (κ2) is 13.5. The molecule has 0 fully saturated rings. The maximum absolute atomic E-state index is 5.45. The summed E-state index contributed by atoms with van der Waals surface area (Å²) in [5, 5.41) is 5.85. The summed E-state index contributed by atoms with van der Waals surface area (Å²) in [5.41, 5.74) is 11.4. The molecule has 3 heterocycles. The van der Waals surface area contributed by atoms with E-state index in [4.69, 9.17) is 19.9 Å². The van der Waals surface area contributed by atoms with Crippen LogP contribution in [-0.2, 0) is 0 Å². The molecule has 0 spiro atoms. The monoisotopic (exact) mass is 727 g/mol. The van der Waals surface area contributed by atoms with E-state index >= 15 is 0 Å². The molecule has 5 heteroatoms. The molecule has 0 aliphatic rings. The van der Waals surface area contributed by atoms with Crippen LogP contribution >= 0.6 is 0 Å². The Hall–Kier alpha value is -7.76. The maximum atomic E-state index is 5.45. The van der Waals surface area contributed by atoms with Gasteiger partial charge in [0.05, 0.1) is 22.2 Å². The number of hydrogen-bond acceptors (Lipinski definition) is 4. The van der Waals surface area contributed by atoms with Crippen molar-refractivity contribution in [2.45, 2.75) is 0 Å².